The number of phenolic OH excluding ortho intramolecular Hbond substituents is 1. The van der Waals surface area contributed by atoms with Crippen LogP contribution in [-0.4, -0.2) is 32.1 Å². The number of nitrogens with zero attached hydrogens (tertiary/aromatic N) is 4. The van der Waals surface area contributed by atoms with Crippen molar-refractivity contribution in [1.82, 2.24) is 15.4 Å². The lowest BCUT2D eigenvalue weighted by atomic mass is 10.2. The van der Waals surface area contributed by atoms with Crippen LogP contribution in [0, 0.1) is 10.1 Å². The quantitative estimate of drug-likeness (QED) is 0.487. The summed E-state index contributed by atoms with van der Waals surface area (Å²) in [6.07, 6.45) is 5.12. The first-order valence-corrected chi connectivity index (χ1v) is 5.65. The van der Waals surface area contributed by atoms with Crippen LogP contribution in [0.4, 0.5) is 5.69 Å². The standard InChI is InChI=1S/C12H9N5O4/c18-11-8(2-1-3-10(11)17(20)21)6-15-16-12(19)9-7-13-4-5-14-9/h1-7,18H,(H,16,19)/b15-6+. The Labute approximate surface area is 118 Å². The Kier molecular flexibility index (Phi) is 4.14. The van der Waals surface area contributed by atoms with E-state index in [0.29, 0.717) is 0 Å². The first kappa shape index (κ1) is 14.1. The van der Waals surface area contributed by atoms with E-state index in [-0.39, 0.29) is 11.3 Å². The highest BCUT2D eigenvalue weighted by molar-refractivity contribution is 5.93. The number of benzene rings is 1. The third-order valence-corrected chi connectivity index (χ3v) is 2.41. The molecule has 1 aromatic carbocycles. The van der Waals surface area contributed by atoms with E-state index >= 15 is 0 Å². The van der Waals surface area contributed by atoms with Gasteiger partial charge in [0.1, 0.15) is 5.69 Å². The fourth-order valence-electron chi connectivity index (χ4n) is 1.43. The van der Waals surface area contributed by atoms with E-state index in [9.17, 15) is 20.0 Å². The number of hydrogen-bond acceptors (Lipinski definition) is 7. The number of aromatic nitrogens is 2. The molecule has 0 aliphatic rings. The lowest BCUT2D eigenvalue weighted by molar-refractivity contribution is -0.385. The molecule has 0 saturated carbocycles. The maximum atomic E-state index is 11.6. The van der Waals surface area contributed by atoms with Crippen molar-refractivity contribution in [3.8, 4) is 5.75 Å². The minimum Gasteiger partial charge on any atom is -0.502 e. The minimum absolute atomic E-state index is 0.0675. The van der Waals surface area contributed by atoms with Gasteiger partial charge in [0, 0.05) is 24.0 Å². The first-order valence-electron chi connectivity index (χ1n) is 5.65. The van der Waals surface area contributed by atoms with E-state index in [1.165, 1.54) is 30.7 Å². The normalized spacial score (nSPS) is 10.5. The summed E-state index contributed by atoms with van der Waals surface area (Å²) in [6, 6.07) is 3.97. The van der Waals surface area contributed by atoms with Crippen molar-refractivity contribution in [3.05, 3.63) is 58.2 Å². The van der Waals surface area contributed by atoms with Gasteiger partial charge in [0.15, 0.2) is 0 Å². The number of hydrazone groups is 1. The number of phenols is 1. The van der Waals surface area contributed by atoms with Gasteiger partial charge >= 0.3 is 5.69 Å². The largest absolute Gasteiger partial charge is 0.502 e. The average Bonchev–Trinajstić information content (AvgIpc) is 2.49. The molecule has 0 spiro atoms. The molecular weight excluding hydrogens is 278 g/mol. The number of nitro benzene ring substituents is 1. The van der Waals surface area contributed by atoms with Gasteiger partial charge in [-0.15, -0.1) is 0 Å². The van der Waals surface area contributed by atoms with Crippen LogP contribution in [0.2, 0.25) is 0 Å². The van der Waals surface area contributed by atoms with E-state index < -0.39 is 22.3 Å². The van der Waals surface area contributed by atoms with Crippen LogP contribution in [0.25, 0.3) is 0 Å². The Bertz CT molecular complexity index is 702. The summed E-state index contributed by atoms with van der Waals surface area (Å²) < 4.78 is 0. The number of nitro groups is 1. The van der Waals surface area contributed by atoms with Gasteiger partial charge in [-0.3, -0.25) is 19.9 Å². The topological polar surface area (TPSA) is 131 Å². The number of para-hydroxylation sites is 1. The van der Waals surface area contributed by atoms with Crippen LogP contribution in [-0.2, 0) is 0 Å². The lowest BCUT2D eigenvalue weighted by Gasteiger charge is -2.00. The SMILES string of the molecule is O=C(N/N=C/c1cccc([N+](=O)[O-])c1O)c1cnccn1. The van der Waals surface area contributed by atoms with Crippen molar-refractivity contribution in [2.24, 2.45) is 5.10 Å². The number of aromatic hydroxyl groups is 1. The summed E-state index contributed by atoms with van der Waals surface area (Å²) in [6.45, 7) is 0. The van der Waals surface area contributed by atoms with E-state index in [0.717, 1.165) is 12.3 Å². The highest BCUT2D eigenvalue weighted by Gasteiger charge is 2.15. The molecule has 21 heavy (non-hydrogen) atoms. The van der Waals surface area contributed by atoms with Gasteiger partial charge in [0.25, 0.3) is 5.91 Å². The van der Waals surface area contributed by atoms with Crippen LogP contribution in [0.5, 0.6) is 5.75 Å². The van der Waals surface area contributed by atoms with Gasteiger partial charge < -0.3 is 5.11 Å². The minimum atomic E-state index is -0.717. The van der Waals surface area contributed by atoms with Gasteiger partial charge in [-0.1, -0.05) is 6.07 Å². The van der Waals surface area contributed by atoms with Gasteiger partial charge in [-0.05, 0) is 6.07 Å². The molecule has 2 rings (SSSR count). The fourth-order valence-corrected chi connectivity index (χ4v) is 1.43. The van der Waals surface area contributed by atoms with Crippen molar-refractivity contribution >= 4 is 17.8 Å². The zero-order chi connectivity index (χ0) is 15.2. The van der Waals surface area contributed by atoms with Gasteiger partial charge in [0.05, 0.1) is 17.3 Å². The number of amides is 1. The molecule has 1 amide bonds. The average molecular weight is 287 g/mol. The Morgan fingerprint density at radius 2 is 2.24 bits per heavy atom. The van der Waals surface area contributed by atoms with Crippen LogP contribution < -0.4 is 5.43 Å². The Balaban J connectivity index is 2.10. The summed E-state index contributed by atoms with van der Waals surface area (Å²) in [5, 5.41) is 23.9. The number of carbonyl (C=O) groups excluding carboxylic acids is 1. The molecular formula is C12H9N5O4. The van der Waals surface area contributed by atoms with Gasteiger partial charge in [-0.2, -0.15) is 5.10 Å². The molecule has 0 saturated heterocycles. The van der Waals surface area contributed by atoms with Crippen molar-refractivity contribution < 1.29 is 14.8 Å². The van der Waals surface area contributed by atoms with Crippen LogP contribution in [0.15, 0.2) is 41.9 Å². The third-order valence-electron chi connectivity index (χ3n) is 2.41. The zero-order valence-electron chi connectivity index (χ0n) is 10.5. The molecule has 2 aromatic rings. The molecule has 9 nitrogen and oxygen atoms in total. The van der Waals surface area contributed by atoms with E-state index in [4.69, 9.17) is 0 Å². The molecule has 0 aliphatic carbocycles. The first-order chi connectivity index (χ1) is 10.1. The Morgan fingerprint density at radius 3 is 2.90 bits per heavy atom. The monoisotopic (exact) mass is 287 g/mol. The molecule has 2 N–H and O–H groups in total. The molecule has 9 heteroatoms. The van der Waals surface area contributed by atoms with Gasteiger partial charge in [-0.25, -0.2) is 10.4 Å². The van der Waals surface area contributed by atoms with E-state index in [1.54, 1.807) is 0 Å². The summed E-state index contributed by atoms with van der Waals surface area (Å²) >= 11 is 0. The third kappa shape index (κ3) is 3.35. The second kappa shape index (κ2) is 6.19. The number of nitrogens with one attached hydrogen (secondary N) is 1. The molecule has 0 unspecified atom stereocenters. The summed E-state index contributed by atoms with van der Waals surface area (Å²) in [4.78, 5) is 29.0. The predicted molar refractivity (Wildman–Crippen MR) is 71.9 cm³/mol. The zero-order valence-corrected chi connectivity index (χ0v) is 10.5. The van der Waals surface area contributed by atoms with Crippen molar-refractivity contribution in [3.63, 3.8) is 0 Å². The molecule has 1 aromatic heterocycles. The Morgan fingerprint density at radius 1 is 1.43 bits per heavy atom. The van der Waals surface area contributed by atoms with Crippen molar-refractivity contribution in [2.45, 2.75) is 0 Å². The van der Waals surface area contributed by atoms with E-state index in [1.807, 2.05) is 0 Å². The molecule has 0 radical (unpaired) electrons. The lowest BCUT2D eigenvalue weighted by Crippen LogP contribution is -2.19. The predicted octanol–water partition coefficient (Wildman–Crippen LogP) is 0.854. The summed E-state index contributed by atoms with van der Waals surface area (Å²) in [5.41, 5.74) is 1.89. The highest BCUT2D eigenvalue weighted by atomic mass is 16.6. The van der Waals surface area contributed by atoms with Crippen LogP contribution >= 0.6 is 0 Å². The number of hydrogen-bond donors (Lipinski definition) is 2. The molecule has 1 heterocycles. The molecule has 0 aliphatic heterocycles. The maximum absolute atomic E-state index is 11.6. The number of rotatable bonds is 4. The van der Waals surface area contributed by atoms with E-state index in [2.05, 4.69) is 20.5 Å². The van der Waals surface area contributed by atoms with Gasteiger partial charge in [0.2, 0.25) is 5.75 Å². The van der Waals surface area contributed by atoms with Crippen LogP contribution in [0.3, 0.4) is 0 Å². The second-order valence-electron chi connectivity index (χ2n) is 3.76. The van der Waals surface area contributed by atoms with Crippen molar-refractivity contribution in [1.29, 1.82) is 0 Å². The Hall–Kier alpha value is -3.36. The second-order valence-corrected chi connectivity index (χ2v) is 3.76. The fraction of sp³-hybridized carbons (Fsp3) is 0. The molecule has 106 valence electrons. The summed E-state index contributed by atoms with van der Waals surface area (Å²) in [5.74, 6) is -1.12. The highest BCUT2D eigenvalue weighted by Crippen LogP contribution is 2.27. The van der Waals surface area contributed by atoms with Crippen LogP contribution in [0.1, 0.15) is 16.1 Å². The number of carbonyl (C=O) groups is 1. The maximum Gasteiger partial charge on any atom is 0.311 e. The smallest absolute Gasteiger partial charge is 0.311 e. The van der Waals surface area contributed by atoms with Crippen molar-refractivity contribution in [2.75, 3.05) is 0 Å². The molecule has 0 bridgehead atoms. The summed E-state index contributed by atoms with van der Waals surface area (Å²) in [7, 11) is 0. The molecule has 0 fully saturated rings. The molecule has 0 atom stereocenters.